The molecule has 12 aromatic carbocycles. The van der Waals surface area contributed by atoms with Gasteiger partial charge in [0, 0.05) is 45.0 Å². The molecule has 0 atom stereocenters. The zero-order valence-electron chi connectivity index (χ0n) is 48.0. The molecule has 0 radical (unpaired) electrons. The Morgan fingerprint density at radius 1 is 0.268 bits per heavy atom. The minimum absolute atomic E-state index is 0.0438. The van der Waals surface area contributed by atoms with Crippen LogP contribution >= 0.6 is 0 Å². The van der Waals surface area contributed by atoms with Crippen LogP contribution in [0.1, 0.15) is 49.9 Å². The van der Waals surface area contributed by atoms with Gasteiger partial charge in [0.2, 0.25) is 0 Å². The zero-order chi connectivity index (χ0) is 55.6. The first-order valence-electron chi connectivity index (χ1n) is 29.3. The molecular weight excluding hydrogens is 1020 g/mol. The molecule has 16 rings (SSSR count). The Labute approximate surface area is 484 Å². The van der Waals surface area contributed by atoms with Gasteiger partial charge < -0.3 is 9.80 Å². The third-order valence-corrected chi connectivity index (χ3v) is 26.9. The topological polar surface area (TPSA) is 6.48 Å². The van der Waals surface area contributed by atoms with Crippen LogP contribution < -0.4 is 30.5 Å². The van der Waals surface area contributed by atoms with Crippen LogP contribution in [0.3, 0.4) is 0 Å². The predicted molar refractivity (Wildman–Crippen MR) is 356 cm³/mol. The Bertz CT molecular complexity index is 4610. The van der Waals surface area contributed by atoms with Crippen LogP contribution in [0.2, 0.25) is 26.2 Å². The van der Waals surface area contributed by atoms with Gasteiger partial charge in [0.1, 0.15) is 16.1 Å². The number of rotatable bonds is 5. The SMILES string of the molecule is CC1(C)c2ccccc2-c2cc(-c3ccc(-c4c5ccc(N6c7ccccc7[Si](C)(C)c7ccccc76)cc5c(-c5ccc6c(c5)C(C)(C)c5ccccc5-6)c5ccc(N6c7ccccc7[Si](C)(C)c7ccccc76)cc45)cc3)ccc21. The Kier molecular flexibility index (Phi) is 10.4. The number of benzene rings is 12. The summed E-state index contributed by atoms with van der Waals surface area (Å²) < 4.78 is 0. The predicted octanol–water partition coefficient (Wildman–Crippen LogP) is 18.8. The van der Waals surface area contributed by atoms with Crippen LogP contribution in [0.15, 0.2) is 243 Å². The number of fused-ring (bicyclic) bond motifs is 12. The monoisotopic (exact) mass is 1080 g/mol. The molecule has 4 heteroatoms. The van der Waals surface area contributed by atoms with Crippen molar-refractivity contribution >= 4 is 92.6 Å². The normalized spacial score (nSPS) is 15.9. The first-order chi connectivity index (χ1) is 39.7. The molecule has 2 heterocycles. The van der Waals surface area contributed by atoms with Crippen molar-refractivity contribution in [3.8, 4) is 55.6 Å². The second kappa shape index (κ2) is 17.4. The van der Waals surface area contributed by atoms with Gasteiger partial charge in [-0.15, -0.1) is 0 Å². The molecule has 0 aromatic heterocycles. The number of hydrogen-bond donors (Lipinski definition) is 0. The largest absolute Gasteiger partial charge is 0.311 e. The Morgan fingerprint density at radius 2 is 0.634 bits per heavy atom. The summed E-state index contributed by atoms with van der Waals surface area (Å²) in [6.07, 6.45) is 0. The molecule has 0 fully saturated rings. The van der Waals surface area contributed by atoms with Crippen molar-refractivity contribution in [1.29, 1.82) is 0 Å². The maximum atomic E-state index is 2.56. The highest BCUT2D eigenvalue weighted by Gasteiger charge is 2.41. The van der Waals surface area contributed by atoms with Crippen LogP contribution in [-0.4, -0.2) is 16.1 Å². The van der Waals surface area contributed by atoms with Crippen LogP contribution in [0, 0.1) is 0 Å². The average Bonchev–Trinajstić information content (AvgIpc) is 1.72. The third-order valence-electron chi connectivity index (χ3n) is 19.8. The molecule has 12 aromatic rings. The van der Waals surface area contributed by atoms with Crippen molar-refractivity contribution in [2.45, 2.75) is 64.7 Å². The van der Waals surface area contributed by atoms with E-state index in [1.807, 2.05) is 0 Å². The lowest BCUT2D eigenvalue weighted by molar-refractivity contribution is 0.660. The number of hydrogen-bond acceptors (Lipinski definition) is 2. The third kappa shape index (κ3) is 6.80. The fourth-order valence-electron chi connectivity index (χ4n) is 15.6. The number of para-hydroxylation sites is 4. The van der Waals surface area contributed by atoms with E-state index in [9.17, 15) is 0 Å². The van der Waals surface area contributed by atoms with Crippen LogP contribution in [0.25, 0.3) is 77.2 Å². The zero-order valence-corrected chi connectivity index (χ0v) is 50.0. The first-order valence-corrected chi connectivity index (χ1v) is 35.3. The van der Waals surface area contributed by atoms with Gasteiger partial charge in [0.25, 0.3) is 0 Å². The summed E-state index contributed by atoms with van der Waals surface area (Å²) in [5, 5.41) is 10.8. The van der Waals surface area contributed by atoms with E-state index in [2.05, 4.69) is 306 Å². The second-order valence-electron chi connectivity index (χ2n) is 25.6. The summed E-state index contributed by atoms with van der Waals surface area (Å²) in [6.45, 7) is 19.6. The second-order valence-corrected chi connectivity index (χ2v) is 34.3. The molecule has 0 spiro atoms. The van der Waals surface area contributed by atoms with Gasteiger partial charge >= 0.3 is 0 Å². The molecule has 0 amide bonds. The van der Waals surface area contributed by atoms with Gasteiger partial charge in [-0.1, -0.05) is 236 Å². The number of anilines is 6. The summed E-state index contributed by atoms with van der Waals surface area (Å²) in [7, 11) is -4.07. The summed E-state index contributed by atoms with van der Waals surface area (Å²) >= 11 is 0. The summed E-state index contributed by atoms with van der Waals surface area (Å²) in [6, 6.07) is 93.6. The first kappa shape index (κ1) is 49.0. The average molecular weight is 1090 g/mol. The maximum absolute atomic E-state index is 2.56. The Hall–Kier alpha value is -8.81. The van der Waals surface area contributed by atoms with E-state index in [1.54, 1.807) is 0 Å². The fraction of sp³-hybridized carbons (Fsp3) is 0.128. The molecule has 82 heavy (non-hydrogen) atoms. The summed E-state index contributed by atoms with van der Waals surface area (Å²) in [5.41, 5.74) is 25.5. The van der Waals surface area contributed by atoms with Gasteiger partial charge in [-0.3, -0.25) is 0 Å². The van der Waals surface area contributed by atoms with E-state index >= 15 is 0 Å². The molecule has 4 aliphatic rings. The van der Waals surface area contributed by atoms with E-state index in [4.69, 9.17) is 0 Å². The van der Waals surface area contributed by atoms with Crippen LogP contribution in [0.4, 0.5) is 34.1 Å². The highest BCUT2D eigenvalue weighted by molar-refractivity contribution is 7.03. The van der Waals surface area contributed by atoms with E-state index in [-0.39, 0.29) is 10.8 Å². The van der Waals surface area contributed by atoms with Crippen molar-refractivity contribution in [3.05, 3.63) is 265 Å². The molecule has 394 valence electrons. The van der Waals surface area contributed by atoms with Crippen molar-refractivity contribution < 1.29 is 0 Å². The summed E-state index contributed by atoms with van der Waals surface area (Å²) in [4.78, 5) is 5.11. The van der Waals surface area contributed by atoms with E-state index in [0.717, 1.165) is 5.69 Å². The van der Waals surface area contributed by atoms with Crippen molar-refractivity contribution in [2.24, 2.45) is 0 Å². The standard InChI is InChI=1S/C78H64N2Si2/c1-77(2)64-24-12-10-22-56(64)60-45-51(38-44-65(60)77)49-33-35-50(36-34-49)75-58-42-39-54(80-69-27-15-19-31-73(69)82(7,8)74-32-20-16-28-70(74)80)48-62(58)76(52-37-41-57-55-21-9-11-23-63(55)78(3,4)66(57)46-52)59-43-40-53(47-61(59)75)79-67-25-13-17-29-71(67)81(5,6)72-30-18-14-26-68(72)79/h9-48H,1-8H3. The maximum Gasteiger partial charge on any atom is 0.117 e. The molecule has 0 saturated carbocycles. The van der Waals surface area contributed by atoms with Gasteiger partial charge in [0.05, 0.1) is 0 Å². The minimum Gasteiger partial charge on any atom is -0.311 e. The quantitative estimate of drug-likeness (QED) is 0.125. The van der Waals surface area contributed by atoms with Crippen LogP contribution in [-0.2, 0) is 10.8 Å². The summed E-state index contributed by atoms with van der Waals surface area (Å²) in [5.74, 6) is 0. The van der Waals surface area contributed by atoms with Gasteiger partial charge in [-0.05, 0) is 181 Å². The molecule has 0 bridgehead atoms. The lowest BCUT2D eigenvalue weighted by Crippen LogP contribution is -2.58. The van der Waals surface area contributed by atoms with Crippen molar-refractivity contribution in [3.63, 3.8) is 0 Å². The molecule has 2 aliphatic carbocycles. The van der Waals surface area contributed by atoms with Gasteiger partial charge in [-0.2, -0.15) is 0 Å². The van der Waals surface area contributed by atoms with Gasteiger partial charge in [0.15, 0.2) is 0 Å². The molecule has 0 saturated heterocycles. The van der Waals surface area contributed by atoms with Crippen LogP contribution in [0.5, 0.6) is 0 Å². The number of nitrogens with zero attached hydrogens (tertiary/aromatic N) is 2. The molecule has 2 aliphatic heterocycles. The molecule has 0 unspecified atom stereocenters. The minimum atomic E-state index is -2.04. The molecular formula is C78H64N2Si2. The van der Waals surface area contributed by atoms with Crippen molar-refractivity contribution in [1.82, 2.24) is 0 Å². The Balaban J connectivity index is 0.977. The lowest BCUT2D eigenvalue weighted by atomic mass is 9.80. The van der Waals surface area contributed by atoms with Crippen molar-refractivity contribution in [2.75, 3.05) is 9.80 Å². The molecule has 0 N–H and O–H groups in total. The fourth-order valence-corrected chi connectivity index (χ4v) is 21.6. The highest BCUT2D eigenvalue weighted by atomic mass is 28.3. The molecule has 2 nitrogen and oxygen atoms in total. The Morgan fingerprint density at radius 3 is 1.13 bits per heavy atom. The van der Waals surface area contributed by atoms with E-state index in [0.29, 0.717) is 0 Å². The van der Waals surface area contributed by atoms with E-state index < -0.39 is 16.1 Å². The smallest absolute Gasteiger partial charge is 0.117 e. The lowest BCUT2D eigenvalue weighted by Gasteiger charge is -2.41. The van der Waals surface area contributed by atoms with Gasteiger partial charge in [-0.25, -0.2) is 0 Å². The van der Waals surface area contributed by atoms with E-state index in [1.165, 1.54) is 149 Å². The highest BCUT2D eigenvalue weighted by Crippen LogP contribution is 2.54.